The molecule has 0 aliphatic carbocycles. The van der Waals surface area contributed by atoms with E-state index in [1.807, 2.05) is 31.2 Å². The fraction of sp³-hybridized carbons (Fsp3) is 0.333. The molecule has 0 aromatic heterocycles. The first-order valence-corrected chi connectivity index (χ1v) is 10.9. The van der Waals surface area contributed by atoms with E-state index >= 15 is 0 Å². The van der Waals surface area contributed by atoms with Crippen LogP contribution in [0.1, 0.15) is 24.0 Å². The summed E-state index contributed by atoms with van der Waals surface area (Å²) in [6, 6.07) is 13.5. The highest BCUT2D eigenvalue weighted by Gasteiger charge is 2.26. The van der Waals surface area contributed by atoms with Crippen LogP contribution < -0.4 is 5.32 Å². The lowest BCUT2D eigenvalue weighted by molar-refractivity contribution is -0.146. The molecule has 1 aliphatic rings. The van der Waals surface area contributed by atoms with Gasteiger partial charge in [-0.1, -0.05) is 24.3 Å². The summed E-state index contributed by atoms with van der Waals surface area (Å²) in [6.45, 7) is 2.57. The van der Waals surface area contributed by atoms with E-state index in [4.69, 9.17) is 4.74 Å². The van der Waals surface area contributed by atoms with E-state index in [-0.39, 0.29) is 11.3 Å². The van der Waals surface area contributed by atoms with Crippen LogP contribution in [-0.4, -0.2) is 44.3 Å². The molecule has 7 nitrogen and oxygen atoms in total. The van der Waals surface area contributed by atoms with E-state index in [2.05, 4.69) is 5.32 Å². The van der Waals surface area contributed by atoms with Crippen molar-refractivity contribution >= 4 is 27.6 Å². The van der Waals surface area contributed by atoms with Gasteiger partial charge >= 0.3 is 5.97 Å². The lowest BCUT2D eigenvalue weighted by Gasteiger charge is -2.15. The quantitative estimate of drug-likeness (QED) is 0.700. The second-order valence-corrected chi connectivity index (χ2v) is 8.89. The van der Waals surface area contributed by atoms with Crippen LogP contribution in [-0.2, 0) is 30.8 Å². The smallest absolute Gasteiger partial charge is 0.310 e. The molecule has 154 valence electrons. The lowest BCUT2D eigenvalue weighted by atomic mass is 10.1. The average Bonchev–Trinajstić information content (AvgIpc) is 3.24. The SMILES string of the molecule is Cc1ccccc1CC(=O)OCC(=O)Nc1ccc(S(=O)(=O)N2CCCC2)cc1. The molecule has 3 rings (SSSR count). The van der Waals surface area contributed by atoms with Crippen molar-refractivity contribution in [1.82, 2.24) is 4.31 Å². The van der Waals surface area contributed by atoms with Gasteiger partial charge in [0.2, 0.25) is 10.0 Å². The first-order valence-electron chi connectivity index (χ1n) is 9.46. The topological polar surface area (TPSA) is 92.8 Å². The number of carbonyl (C=O) groups is 2. The maximum atomic E-state index is 12.5. The number of nitrogens with zero attached hydrogens (tertiary/aromatic N) is 1. The molecule has 0 bridgehead atoms. The number of aryl methyl sites for hydroxylation is 1. The van der Waals surface area contributed by atoms with Gasteiger partial charge in [0.15, 0.2) is 6.61 Å². The summed E-state index contributed by atoms with van der Waals surface area (Å²) in [6.07, 6.45) is 1.84. The number of amides is 1. The Kier molecular flexibility index (Phi) is 6.66. The maximum absolute atomic E-state index is 12.5. The number of nitrogens with one attached hydrogen (secondary N) is 1. The van der Waals surface area contributed by atoms with Gasteiger partial charge in [-0.15, -0.1) is 0 Å². The van der Waals surface area contributed by atoms with Gasteiger partial charge < -0.3 is 10.1 Å². The molecule has 29 heavy (non-hydrogen) atoms. The van der Waals surface area contributed by atoms with Crippen molar-refractivity contribution in [3.05, 3.63) is 59.7 Å². The highest BCUT2D eigenvalue weighted by molar-refractivity contribution is 7.89. The van der Waals surface area contributed by atoms with Crippen molar-refractivity contribution in [3.63, 3.8) is 0 Å². The molecule has 0 unspecified atom stereocenters. The van der Waals surface area contributed by atoms with Crippen LogP contribution in [0.4, 0.5) is 5.69 Å². The summed E-state index contributed by atoms with van der Waals surface area (Å²) < 4.78 is 31.5. The molecule has 8 heteroatoms. The zero-order chi connectivity index (χ0) is 20.9. The molecule has 0 atom stereocenters. The second kappa shape index (κ2) is 9.19. The molecule has 2 aromatic rings. The van der Waals surface area contributed by atoms with Gasteiger partial charge in [-0.05, 0) is 55.2 Å². The number of benzene rings is 2. The number of hydrogen-bond acceptors (Lipinski definition) is 5. The zero-order valence-corrected chi connectivity index (χ0v) is 17.1. The second-order valence-electron chi connectivity index (χ2n) is 6.95. The van der Waals surface area contributed by atoms with Crippen LogP contribution in [0.15, 0.2) is 53.4 Å². The third-order valence-corrected chi connectivity index (χ3v) is 6.71. The maximum Gasteiger partial charge on any atom is 0.310 e. The summed E-state index contributed by atoms with van der Waals surface area (Å²) in [4.78, 5) is 24.1. The van der Waals surface area contributed by atoms with Gasteiger partial charge in [0.05, 0.1) is 11.3 Å². The highest BCUT2D eigenvalue weighted by atomic mass is 32.2. The summed E-state index contributed by atoms with van der Waals surface area (Å²) in [5, 5.41) is 2.60. The molecule has 2 aromatic carbocycles. The minimum atomic E-state index is -3.49. The first kappa shape index (κ1) is 21.0. The molecule has 0 spiro atoms. The molecular formula is C21H24N2O5S. The fourth-order valence-corrected chi connectivity index (χ4v) is 4.66. The van der Waals surface area contributed by atoms with Crippen LogP contribution in [0.3, 0.4) is 0 Å². The predicted octanol–water partition coefficient (Wildman–Crippen LogP) is 2.50. The molecule has 1 fully saturated rings. The minimum absolute atomic E-state index is 0.100. The number of sulfonamides is 1. The summed E-state index contributed by atoms with van der Waals surface area (Å²) >= 11 is 0. The number of ether oxygens (including phenoxy) is 1. The molecule has 1 heterocycles. The van der Waals surface area contributed by atoms with Crippen molar-refractivity contribution in [2.24, 2.45) is 0 Å². The van der Waals surface area contributed by atoms with E-state index in [1.54, 1.807) is 0 Å². The van der Waals surface area contributed by atoms with Crippen molar-refractivity contribution in [2.45, 2.75) is 31.1 Å². The number of rotatable bonds is 7. The van der Waals surface area contributed by atoms with Gasteiger partial charge in [0.25, 0.3) is 5.91 Å². The lowest BCUT2D eigenvalue weighted by Crippen LogP contribution is -2.27. The van der Waals surface area contributed by atoms with Gasteiger partial charge in [0.1, 0.15) is 0 Å². The largest absolute Gasteiger partial charge is 0.455 e. The zero-order valence-electron chi connectivity index (χ0n) is 16.3. The Balaban J connectivity index is 1.50. The van der Waals surface area contributed by atoms with Crippen LogP contribution in [0.5, 0.6) is 0 Å². The molecular weight excluding hydrogens is 392 g/mol. The Morgan fingerprint density at radius 2 is 1.69 bits per heavy atom. The van der Waals surface area contributed by atoms with Crippen molar-refractivity contribution in [1.29, 1.82) is 0 Å². The summed E-state index contributed by atoms with van der Waals surface area (Å²) in [5.41, 5.74) is 2.27. The van der Waals surface area contributed by atoms with Crippen molar-refractivity contribution in [3.8, 4) is 0 Å². The van der Waals surface area contributed by atoms with Gasteiger partial charge in [-0.25, -0.2) is 8.42 Å². The van der Waals surface area contributed by atoms with E-state index in [1.165, 1.54) is 28.6 Å². The number of hydrogen-bond donors (Lipinski definition) is 1. The summed E-state index contributed by atoms with van der Waals surface area (Å²) in [5.74, 6) is -0.972. The van der Waals surface area contributed by atoms with E-state index in [9.17, 15) is 18.0 Å². The van der Waals surface area contributed by atoms with Crippen molar-refractivity contribution in [2.75, 3.05) is 25.0 Å². The van der Waals surface area contributed by atoms with Gasteiger partial charge in [-0.2, -0.15) is 4.31 Å². The number of carbonyl (C=O) groups excluding carboxylic acids is 2. The van der Waals surface area contributed by atoms with Crippen LogP contribution >= 0.6 is 0 Å². The monoisotopic (exact) mass is 416 g/mol. The highest BCUT2D eigenvalue weighted by Crippen LogP contribution is 2.22. The Labute approximate surface area is 170 Å². The third-order valence-electron chi connectivity index (χ3n) is 4.80. The molecule has 0 saturated carbocycles. The molecule has 0 radical (unpaired) electrons. The molecule has 1 amide bonds. The Bertz CT molecular complexity index is 980. The van der Waals surface area contributed by atoms with Gasteiger partial charge in [0, 0.05) is 18.8 Å². The van der Waals surface area contributed by atoms with Crippen LogP contribution in [0, 0.1) is 6.92 Å². The van der Waals surface area contributed by atoms with E-state index in [0.717, 1.165) is 24.0 Å². The fourth-order valence-electron chi connectivity index (χ4n) is 3.15. The molecule has 1 N–H and O–H groups in total. The normalized spacial score (nSPS) is 14.5. The Morgan fingerprint density at radius 1 is 1.03 bits per heavy atom. The molecule has 1 aliphatic heterocycles. The van der Waals surface area contributed by atoms with Crippen molar-refractivity contribution < 1.29 is 22.7 Å². The first-order chi connectivity index (χ1) is 13.9. The van der Waals surface area contributed by atoms with Crippen LogP contribution in [0.2, 0.25) is 0 Å². The Hall–Kier alpha value is -2.71. The number of esters is 1. The predicted molar refractivity (Wildman–Crippen MR) is 109 cm³/mol. The van der Waals surface area contributed by atoms with E-state index in [0.29, 0.717) is 18.8 Å². The average molecular weight is 416 g/mol. The minimum Gasteiger partial charge on any atom is -0.455 e. The van der Waals surface area contributed by atoms with Gasteiger partial charge in [-0.3, -0.25) is 9.59 Å². The summed E-state index contributed by atoms with van der Waals surface area (Å²) in [7, 11) is -3.49. The third kappa shape index (κ3) is 5.42. The van der Waals surface area contributed by atoms with Crippen LogP contribution in [0.25, 0.3) is 0 Å². The van der Waals surface area contributed by atoms with E-state index < -0.39 is 28.5 Å². The Morgan fingerprint density at radius 3 is 2.34 bits per heavy atom. The molecule has 1 saturated heterocycles. The standard InChI is InChI=1S/C21H24N2O5S/c1-16-6-2-3-7-17(16)14-21(25)28-15-20(24)22-18-8-10-19(11-9-18)29(26,27)23-12-4-5-13-23/h2-3,6-11H,4-5,12-15H2,1H3,(H,22,24). The number of anilines is 1.